The second kappa shape index (κ2) is 4.73. The van der Waals surface area contributed by atoms with Crippen LogP contribution in [0.25, 0.3) is 0 Å². The van der Waals surface area contributed by atoms with E-state index in [9.17, 15) is 4.79 Å². The van der Waals surface area contributed by atoms with Crippen LogP contribution in [0.4, 0.5) is 0 Å². The molecule has 2 rings (SSSR count). The predicted octanol–water partition coefficient (Wildman–Crippen LogP) is 1.34. The summed E-state index contributed by atoms with van der Waals surface area (Å²) in [4.78, 5) is 20.2. The van der Waals surface area contributed by atoms with Crippen molar-refractivity contribution < 1.29 is 4.79 Å². The van der Waals surface area contributed by atoms with E-state index in [-0.39, 0.29) is 5.91 Å². The average molecular weight is 244 g/mol. The summed E-state index contributed by atoms with van der Waals surface area (Å²) >= 11 is 0. The van der Waals surface area contributed by atoms with E-state index in [4.69, 9.17) is 5.26 Å². The van der Waals surface area contributed by atoms with E-state index in [1.165, 1.54) is 0 Å². The highest BCUT2D eigenvalue weighted by Crippen LogP contribution is 2.45. The molecule has 1 saturated carbocycles. The first-order chi connectivity index (χ1) is 8.55. The molecule has 0 aliphatic heterocycles. The van der Waals surface area contributed by atoms with E-state index in [1.54, 1.807) is 19.2 Å². The third kappa shape index (κ3) is 2.33. The second-order valence-electron chi connectivity index (χ2n) is 4.99. The summed E-state index contributed by atoms with van der Waals surface area (Å²) in [6, 6.07) is 3.91. The number of aromatic nitrogens is 2. The SMILES string of the molecule is Cc1nccc(CNC(=O)C2(C#N)CC(C)C2)n1. The summed E-state index contributed by atoms with van der Waals surface area (Å²) < 4.78 is 0. The molecular weight excluding hydrogens is 228 g/mol. The molecule has 1 aromatic rings. The number of carbonyl (C=O) groups excluding carboxylic acids is 1. The maximum atomic E-state index is 12.0. The second-order valence-corrected chi connectivity index (χ2v) is 4.99. The van der Waals surface area contributed by atoms with Crippen molar-refractivity contribution in [3.63, 3.8) is 0 Å². The third-order valence-electron chi connectivity index (χ3n) is 3.31. The van der Waals surface area contributed by atoms with E-state index in [0.717, 1.165) is 5.69 Å². The Morgan fingerprint density at radius 1 is 1.67 bits per heavy atom. The summed E-state index contributed by atoms with van der Waals surface area (Å²) in [5, 5.41) is 11.9. The molecule has 0 aromatic carbocycles. The van der Waals surface area contributed by atoms with Gasteiger partial charge in [0.05, 0.1) is 18.3 Å². The fourth-order valence-electron chi connectivity index (χ4n) is 2.40. The number of rotatable bonds is 3. The average Bonchev–Trinajstić information content (AvgIpc) is 2.32. The molecule has 0 spiro atoms. The largest absolute Gasteiger partial charge is 0.349 e. The van der Waals surface area contributed by atoms with Gasteiger partial charge in [-0.3, -0.25) is 4.79 Å². The van der Waals surface area contributed by atoms with Gasteiger partial charge in [-0.2, -0.15) is 5.26 Å². The minimum absolute atomic E-state index is 0.181. The molecule has 1 aliphatic rings. The van der Waals surface area contributed by atoms with Crippen LogP contribution < -0.4 is 5.32 Å². The van der Waals surface area contributed by atoms with Crippen molar-refractivity contribution in [2.75, 3.05) is 0 Å². The number of hydrogen-bond donors (Lipinski definition) is 1. The molecule has 1 aromatic heterocycles. The molecule has 1 aliphatic carbocycles. The van der Waals surface area contributed by atoms with Gasteiger partial charge in [-0.25, -0.2) is 9.97 Å². The molecule has 0 radical (unpaired) electrons. The fraction of sp³-hybridized carbons (Fsp3) is 0.538. The van der Waals surface area contributed by atoms with Gasteiger partial charge in [0.1, 0.15) is 11.2 Å². The molecule has 18 heavy (non-hydrogen) atoms. The smallest absolute Gasteiger partial charge is 0.240 e. The first kappa shape index (κ1) is 12.5. The van der Waals surface area contributed by atoms with Crippen molar-refractivity contribution in [3.8, 4) is 6.07 Å². The first-order valence-corrected chi connectivity index (χ1v) is 6.04. The minimum atomic E-state index is -0.818. The quantitative estimate of drug-likeness (QED) is 0.870. The van der Waals surface area contributed by atoms with Crippen molar-refractivity contribution in [2.24, 2.45) is 11.3 Å². The number of carbonyl (C=O) groups is 1. The highest BCUT2D eigenvalue weighted by atomic mass is 16.2. The fourth-order valence-corrected chi connectivity index (χ4v) is 2.40. The summed E-state index contributed by atoms with van der Waals surface area (Å²) in [6.45, 7) is 4.20. The number of hydrogen-bond acceptors (Lipinski definition) is 4. The van der Waals surface area contributed by atoms with Crippen LogP contribution in [-0.2, 0) is 11.3 Å². The van der Waals surface area contributed by atoms with Crippen LogP contribution in [0.2, 0.25) is 0 Å². The zero-order valence-corrected chi connectivity index (χ0v) is 10.6. The van der Waals surface area contributed by atoms with Crippen LogP contribution in [0.1, 0.15) is 31.3 Å². The van der Waals surface area contributed by atoms with Crippen LogP contribution in [0.5, 0.6) is 0 Å². The van der Waals surface area contributed by atoms with Crippen LogP contribution >= 0.6 is 0 Å². The zero-order chi connectivity index (χ0) is 13.2. The Bertz CT molecular complexity index is 500. The summed E-state index contributed by atoms with van der Waals surface area (Å²) in [6.07, 6.45) is 2.96. The maximum absolute atomic E-state index is 12.0. The lowest BCUT2D eigenvalue weighted by Crippen LogP contribution is -2.47. The summed E-state index contributed by atoms with van der Waals surface area (Å²) in [5.74, 6) is 0.949. The Kier molecular flexibility index (Phi) is 3.28. The molecule has 1 fully saturated rings. The van der Waals surface area contributed by atoms with Gasteiger partial charge in [0.2, 0.25) is 5.91 Å². The van der Waals surface area contributed by atoms with Crippen molar-refractivity contribution in [1.29, 1.82) is 5.26 Å². The number of nitrogens with zero attached hydrogens (tertiary/aromatic N) is 3. The van der Waals surface area contributed by atoms with Gasteiger partial charge >= 0.3 is 0 Å². The lowest BCUT2D eigenvalue weighted by atomic mass is 9.63. The van der Waals surface area contributed by atoms with Gasteiger partial charge < -0.3 is 5.32 Å². The highest BCUT2D eigenvalue weighted by molar-refractivity contribution is 5.86. The molecule has 1 heterocycles. The predicted molar refractivity (Wildman–Crippen MR) is 65.1 cm³/mol. The number of aryl methyl sites for hydroxylation is 1. The monoisotopic (exact) mass is 244 g/mol. The zero-order valence-electron chi connectivity index (χ0n) is 10.6. The molecule has 1 N–H and O–H groups in total. The topological polar surface area (TPSA) is 78.7 Å². The molecule has 0 unspecified atom stereocenters. The normalized spacial score (nSPS) is 25.9. The number of amides is 1. The molecular formula is C13H16N4O. The lowest BCUT2D eigenvalue weighted by Gasteiger charge is -2.39. The lowest BCUT2D eigenvalue weighted by molar-refractivity contribution is -0.134. The maximum Gasteiger partial charge on any atom is 0.240 e. The third-order valence-corrected chi connectivity index (χ3v) is 3.31. The number of nitrogens with one attached hydrogen (secondary N) is 1. The first-order valence-electron chi connectivity index (χ1n) is 6.04. The Labute approximate surface area is 106 Å². The van der Waals surface area contributed by atoms with Gasteiger partial charge in [0.25, 0.3) is 0 Å². The Morgan fingerprint density at radius 2 is 2.39 bits per heavy atom. The Balaban J connectivity index is 1.95. The van der Waals surface area contributed by atoms with Gasteiger partial charge in [-0.1, -0.05) is 6.92 Å². The number of nitriles is 1. The van der Waals surface area contributed by atoms with Crippen molar-refractivity contribution in [1.82, 2.24) is 15.3 Å². The van der Waals surface area contributed by atoms with E-state index in [1.807, 2.05) is 0 Å². The van der Waals surface area contributed by atoms with Crippen LogP contribution in [0.15, 0.2) is 12.3 Å². The van der Waals surface area contributed by atoms with Crippen LogP contribution in [-0.4, -0.2) is 15.9 Å². The highest BCUT2D eigenvalue weighted by Gasteiger charge is 2.48. The summed E-state index contributed by atoms with van der Waals surface area (Å²) in [7, 11) is 0. The van der Waals surface area contributed by atoms with E-state index >= 15 is 0 Å². The van der Waals surface area contributed by atoms with Crippen molar-refractivity contribution in [3.05, 3.63) is 23.8 Å². The van der Waals surface area contributed by atoms with E-state index < -0.39 is 5.41 Å². The van der Waals surface area contributed by atoms with Crippen molar-refractivity contribution >= 4 is 5.91 Å². The molecule has 0 bridgehead atoms. The molecule has 5 nitrogen and oxygen atoms in total. The standard InChI is InChI=1S/C13H16N4O/c1-9-5-13(6-9,8-14)12(18)16-7-11-3-4-15-10(2)17-11/h3-4,9H,5-7H2,1-2H3,(H,16,18). The molecule has 5 heteroatoms. The van der Waals surface area contributed by atoms with Crippen LogP contribution in [0, 0.1) is 29.6 Å². The molecule has 0 atom stereocenters. The van der Waals surface area contributed by atoms with Gasteiger partial charge in [-0.05, 0) is 31.7 Å². The van der Waals surface area contributed by atoms with E-state index in [2.05, 4.69) is 28.3 Å². The Morgan fingerprint density at radius 3 is 2.94 bits per heavy atom. The van der Waals surface area contributed by atoms with E-state index in [0.29, 0.717) is 31.1 Å². The minimum Gasteiger partial charge on any atom is -0.349 e. The molecule has 94 valence electrons. The van der Waals surface area contributed by atoms with Gasteiger partial charge in [0.15, 0.2) is 0 Å². The van der Waals surface area contributed by atoms with Gasteiger partial charge in [0, 0.05) is 6.20 Å². The van der Waals surface area contributed by atoms with Gasteiger partial charge in [-0.15, -0.1) is 0 Å². The molecule has 1 amide bonds. The van der Waals surface area contributed by atoms with Crippen LogP contribution in [0.3, 0.4) is 0 Å². The Hall–Kier alpha value is -1.96. The summed E-state index contributed by atoms with van der Waals surface area (Å²) in [5.41, 5.74) is -0.0575. The van der Waals surface area contributed by atoms with Crippen molar-refractivity contribution in [2.45, 2.75) is 33.2 Å². The molecule has 0 saturated heterocycles.